The van der Waals surface area contributed by atoms with E-state index in [1.54, 1.807) is 38.5 Å². The molecule has 2 aliphatic heterocycles. The molecule has 254 valence electrons. The molecule has 2 spiro atoms. The Morgan fingerprint density at radius 2 is 1.71 bits per heavy atom. The van der Waals surface area contributed by atoms with Crippen LogP contribution in [0.5, 0.6) is 11.5 Å². The second kappa shape index (κ2) is 10.4. The minimum atomic E-state index is -4.48. The number of carbonyl (C=O) groups is 2. The number of benzene rings is 3. The molecule has 7 nitrogen and oxygen atoms in total. The number of carbonyl (C=O) groups excluding carboxylic acids is 2. The van der Waals surface area contributed by atoms with E-state index in [1.807, 2.05) is 6.07 Å². The molecular formula is C39H37F3N2O5. The van der Waals surface area contributed by atoms with Crippen LogP contribution >= 0.6 is 0 Å². The number of anilines is 1. The number of rotatable bonds is 8. The number of fused-ring (bicyclic) bond motifs is 1. The quantitative estimate of drug-likeness (QED) is 0.209. The van der Waals surface area contributed by atoms with Gasteiger partial charge >= 0.3 is 6.18 Å². The highest BCUT2D eigenvalue weighted by molar-refractivity contribution is 6.05. The lowest BCUT2D eigenvalue weighted by molar-refractivity contribution is -0.206. The zero-order valence-electron chi connectivity index (χ0n) is 27.3. The number of Topliss-reactive ketones (excluding diaryl/α,β-unsaturated/α-hetero) is 1. The van der Waals surface area contributed by atoms with Crippen LogP contribution in [0.3, 0.4) is 0 Å². The van der Waals surface area contributed by atoms with E-state index in [0.29, 0.717) is 23.4 Å². The normalized spacial score (nSPS) is 32.0. The van der Waals surface area contributed by atoms with E-state index in [0.717, 1.165) is 61.9 Å². The second-order valence-corrected chi connectivity index (χ2v) is 14.7. The number of halogens is 3. The molecule has 1 saturated heterocycles. The predicted molar refractivity (Wildman–Crippen MR) is 175 cm³/mol. The summed E-state index contributed by atoms with van der Waals surface area (Å²) in [6.45, 7) is 2.05. The van der Waals surface area contributed by atoms with Crippen molar-refractivity contribution in [2.45, 2.75) is 61.4 Å². The molecule has 3 aromatic carbocycles. The van der Waals surface area contributed by atoms with E-state index in [2.05, 4.69) is 28.4 Å². The van der Waals surface area contributed by atoms with Crippen LogP contribution in [0.4, 0.5) is 18.9 Å². The lowest BCUT2D eigenvalue weighted by atomic mass is 9.36. The molecule has 49 heavy (non-hydrogen) atoms. The number of methoxy groups -OCH3 is 2. The monoisotopic (exact) mass is 670 g/mol. The maximum absolute atomic E-state index is 14.7. The van der Waals surface area contributed by atoms with Crippen molar-refractivity contribution >= 4 is 17.4 Å². The third kappa shape index (κ3) is 4.16. The first kappa shape index (κ1) is 30.9. The minimum Gasteiger partial charge on any atom is -0.493 e. The predicted octanol–water partition coefficient (Wildman–Crippen LogP) is 6.85. The number of nitrogens with one attached hydrogen (secondary N) is 1. The van der Waals surface area contributed by atoms with E-state index in [4.69, 9.17) is 14.2 Å². The van der Waals surface area contributed by atoms with Crippen molar-refractivity contribution < 1.29 is 37.0 Å². The number of alkyl halides is 3. The largest absolute Gasteiger partial charge is 0.493 e. The Hall–Kier alpha value is -4.15. The average molecular weight is 671 g/mol. The molecule has 5 aliphatic carbocycles. The van der Waals surface area contributed by atoms with Crippen molar-refractivity contribution in [2.24, 2.45) is 17.3 Å². The number of ketones is 1. The lowest BCUT2D eigenvalue weighted by Gasteiger charge is -2.71. The Bertz CT molecular complexity index is 1900. The summed E-state index contributed by atoms with van der Waals surface area (Å²) in [6, 6.07) is 15.2. The van der Waals surface area contributed by atoms with Crippen LogP contribution in [0, 0.1) is 17.3 Å². The zero-order valence-corrected chi connectivity index (χ0v) is 27.3. The molecule has 6 atom stereocenters. The summed E-state index contributed by atoms with van der Waals surface area (Å²) in [5.74, 6) is 1.12. The fourth-order valence-corrected chi connectivity index (χ4v) is 10.2. The van der Waals surface area contributed by atoms with Gasteiger partial charge in [-0.15, -0.1) is 0 Å². The van der Waals surface area contributed by atoms with Crippen molar-refractivity contribution in [3.8, 4) is 11.5 Å². The van der Waals surface area contributed by atoms with Gasteiger partial charge in [-0.05, 0) is 105 Å². The van der Waals surface area contributed by atoms with Gasteiger partial charge < -0.3 is 19.5 Å². The van der Waals surface area contributed by atoms with Gasteiger partial charge in [0.15, 0.2) is 17.3 Å². The average Bonchev–Trinajstić information content (AvgIpc) is 3.85. The third-order valence-electron chi connectivity index (χ3n) is 12.5. The van der Waals surface area contributed by atoms with Crippen LogP contribution in [0.2, 0.25) is 0 Å². The zero-order chi connectivity index (χ0) is 33.9. The van der Waals surface area contributed by atoms with Crippen molar-refractivity contribution in [1.82, 2.24) is 4.90 Å². The number of likely N-dealkylation sites (tertiary alicyclic amines) is 1. The molecule has 1 amide bonds. The summed E-state index contributed by atoms with van der Waals surface area (Å²) in [5, 5.41) is 2.73. The first-order valence-corrected chi connectivity index (χ1v) is 17.0. The highest BCUT2D eigenvalue weighted by Gasteiger charge is 2.80. The van der Waals surface area contributed by atoms with Crippen LogP contribution in [0.25, 0.3) is 0 Å². The number of amides is 1. The standard InChI is InChI=1S/C39H37F3N2O5/c1-47-29-14-9-25-19-30-36-15-16-38(48-2,35-37(36,31(25)33(29)49-35)17-18-44(30)21-22-3-4-22)28(20-36)32(45)23-7-12-27(13-8-23)43-34(46)24-5-10-26(11-6-24)39(40,41)42/h5-16,22,28,30,35H,3-4,17-21H2,1-2H3,(H,43,46)/t28-,30-,35-,36-,37+,38-/m1/s1. The van der Waals surface area contributed by atoms with Crippen molar-refractivity contribution in [3.63, 3.8) is 0 Å². The van der Waals surface area contributed by atoms with Crippen LogP contribution < -0.4 is 14.8 Å². The maximum Gasteiger partial charge on any atom is 0.416 e. The molecule has 7 aliphatic rings. The molecule has 0 radical (unpaired) electrons. The topological polar surface area (TPSA) is 77.1 Å². The Kier molecular flexibility index (Phi) is 6.57. The Balaban J connectivity index is 1.05. The van der Waals surface area contributed by atoms with Crippen molar-refractivity contribution in [2.75, 3.05) is 32.6 Å². The summed E-state index contributed by atoms with van der Waals surface area (Å²) in [4.78, 5) is 30.2. The summed E-state index contributed by atoms with van der Waals surface area (Å²) < 4.78 is 58.2. The number of nitrogens with zero attached hydrogens (tertiary/aromatic N) is 1. The SMILES string of the molecule is COc1ccc2c3c1O[C@H]1[C@@]4(OC)C=C[C@@]5(C[C@@H]4C(=O)c4ccc(NC(=O)c6ccc(C(F)(F)F)cc6)cc4)[C@@H](C2)N(CC2CC2)CC[C@]315. The maximum atomic E-state index is 14.7. The Labute approximate surface area is 282 Å². The molecule has 3 fully saturated rings. The van der Waals surface area contributed by atoms with Gasteiger partial charge in [0.2, 0.25) is 0 Å². The van der Waals surface area contributed by atoms with E-state index in [9.17, 15) is 22.8 Å². The summed E-state index contributed by atoms with van der Waals surface area (Å²) in [6.07, 6.45) is 4.58. The Morgan fingerprint density at radius 3 is 2.39 bits per heavy atom. The number of piperidine rings is 1. The Morgan fingerprint density at radius 1 is 0.980 bits per heavy atom. The minimum absolute atomic E-state index is 0.0508. The molecule has 1 N–H and O–H groups in total. The summed E-state index contributed by atoms with van der Waals surface area (Å²) in [7, 11) is 3.34. The van der Waals surface area contributed by atoms with E-state index in [1.165, 1.54) is 24.0 Å². The molecule has 0 unspecified atom stereocenters. The van der Waals surface area contributed by atoms with Gasteiger partial charge in [0.25, 0.3) is 5.91 Å². The van der Waals surface area contributed by atoms with Gasteiger partial charge in [-0.2, -0.15) is 13.2 Å². The molecule has 0 aromatic heterocycles. The van der Waals surface area contributed by atoms with Crippen LogP contribution in [0.15, 0.2) is 72.8 Å². The molecule has 4 bridgehead atoms. The van der Waals surface area contributed by atoms with Gasteiger partial charge in [0, 0.05) is 47.5 Å². The summed E-state index contributed by atoms with van der Waals surface area (Å²) in [5.41, 5.74) is 1.06. The number of hydrogen-bond donors (Lipinski definition) is 1. The molecule has 3 aromatic rings. The smallest absolute Gasteiger partial charge is 0.416 e. The number of hydrogen-bond acceptors (Lipinski definition) is 6. The molecule has 10 heteroatoms. The van der Waals surface area contributed by atoms with Crippen molar-refractivity contribution in [3.05, 3.63) is 101 Å². The first-order chi connectivity index (χ1) is 23.5. The summed E-state index contributed by atoms with van der Waals surface area (Å²) >= 11 is 0. The van der Waals surface area contributed by atoms with Gasteiger partial charge in [-0.3, -0.25) is 14.5 Å². The van der Waals surface area contributed by atoms with Gasteiger partial charge in [0.1, 0.15) is 11.7 Å². The second-order valence-electron chi connectivity index (χ2n) is 14.7. The fraction of sp³-hybridized carbons (Fsp3) is 0.436. The highest BCUT2D eigenvalue weighted by Crippen LogP contribution is 2.75. The number of ether oxygens (including phenoxy) is 3. The molecular weight excluding hydrogens is 633 g/mol. The molecule has 10 rings (SSSR count). The van der Waals surface area contributed by atoms with Crippen LogP contribution in [-0.4, -0.2) is 61.6 Å². The lowest BCUT2D eigenvalue weighted by Crippen LogP contribution is -2.79. The van der Waals surface area contributed by atoms with Gasteiger partial charge in [-0.25, -0.2) is 0 Å². The van der Waals surface area contributed by atoms with E-state index in [-0.39, 0.29) is 28.2 Å². The van der Waals surface area contributed by atoms with Crippen LogP contribution in [0.1, 0.15) is 63.1 Å². The third-order valence-corrected chi connectivity index (χ3v) is 12.5. The van der Waals surface area contributed by atoms with Gasteiger partial charge in [-0.1, -0.05) is 18.2 Å². The van der Waals surface area contributed by atoms with Gasteiger partial charge in [0.05, 0.1) is 24.0 Å². The van der Waals surface area contributed by atoms with Crippen LogP contribution in [-0.2, 0) is 22.7 Å². The van der Waals surface area contributed by atoms with E-state index < -0.39 is 35.3 Å². The molecule has 2 heterocycles. The first-order valence-electron chi connectivity index (χ1n) is 17.0. The fourth-order valence-electron chi connectivity index (χ4n) is 10.2. The highest BCUT2D eigenvalue weighted by atomic mass is 19.4. The molecule has 2 saturated carbocycles. The van der Waals surface area contributed by atoms with E-state index >= 15 is 0 Å². The van der Waals surface area contributed by atoms with Crippen molar-refractivity contribution in [1.29, 1.82) is 0 Å².